The molecule has 1 unspecified atom stereocenters. The van der Waals surface area contributed by atoms with Crippen molar-refractivity contribution in [3.05, 3.63) is 35.9 Å². The first kappa shape index (κ1) is 31.7. The highest BCUT2D eigenvalue weighted by Gasteiger charge is 2.52. The molecule has 0 saturated carbocycles. The third kappa shape index (κ3) is 6.85. The molecule has 230 valence electrons. The molecule has 1 aromatic rings. The molecule has 11 nitrogen and oxygen atoms in total. The summed E-state index contributed by atoms with van der Waals surface area (Å²) in [7, 11) is 1.34. The van der Waals surface area contributed by atoms with Gasteiger partial charge >= 0.3 is 5.97 Å². The van der Waals surface area contributed by atoms with Crippen molar-refractivity contribution in [1.29, 1.82) is 0 Å². The molecule has 3 aliphatic heterocycles. The number of aliphatic hydroxyl groups excluding tert-OH is 1. The maximum atomic E-state index is 13.8. The number of benzene rings is 1. The lowest BCUT2D eigenvalue weighted by molar-refractivity contribution is -0.140. The lowest BCUT2D eigenvalue weighted by Crippen LogP contribution is -2.44. The van der Waals surface area contributed by atoms with Gasteiger partial charge in [0.05, 0.1) is 31.4 Å². The largest absolute Gasteiger partial charge is 0.469 e. The Morgan fingerprint density at radius 2 is 2.05 bits per heavy atom. The van der Waals surface area contributed by atoms with E-state index >= 15 is 0 Å². The summed E-state index contributed by atoms with van der Waals surface area (Å²) in [6.45, 7) is 4.08. The zero-order valence-electron chi connectivity index (χ0n) is 24.6. The highest BCUT2D eigenvalue weighted by molar-refractivity contribution is 6.08. The molecule has 0 bridgehead atoms. The van der Waals surface area contributed by atoms with Gasteiger partial charge in [-0.05, 0) is 63.3 Å². The summed E-state index contributed by atoms with van der Waals surface area (Å²) in [6.07, 6.45) is 8.09. The number of hydrogen-bond donors (Lipinski definition) is 4. The Labute approximate surface area is 247 Å². The van der Waals surface area contributed by atoms with Gasteiger partial charge in [-0.2, -0.15) is 0 Å². The third-order valence-corrected chi connectivity index (χ3v) is 8.73. The van der Waals surface area contributed by atoms with Crippen LogP contribution in [0.25, 0.3) is 0 Å². The number of fused-ring (bicyclic) bond motifs is 1. The zero-order valence-corrected chi connectivity index (χ0v) is 24.6. The van der Waals surface area contributed by atoms with Crippen molar-refractivity contribution >= 4 is 35.1 Å². The van der Waals surface area contributed by atoms with Gasteiger partial charge in [-0.1, -0.05) is 19.1 Å². The lowest BCUT2D eigenvalue weighted by Gasteiger charge is -2.28. The van der Waals surface area contributed by atoms with Gasteiger partial charge in [-0.25, -0.2) is 0 Å². The molecule has 42 heavy (non-hydrogen) atoms. The number of piperidine rings is 1. The van der Waals surface area contributed by atoms with E-state index in [1.54, 1.807) is 42.2 Å². The molecule has 2 saturated heterocycles. The molecule has 0 aliphatic carbocycles. The summed E-state index contributed by atoms with van der Waals surface area (Å²) in [5, 5.41) is 27.8. The number of methoxy groups -OCH3 is 1. The minimum atomic E-state index is -1.91. The summed E-state index contributed by atoms with van der Waals surface area (Å²) >= 11 is 0. The molecule has 4 N–H and O–H groups in total. The highest BCUT2D eigenvalue weighted by atomic mass is 16.5. The minimum absolute atomic E-state index is 0.0670. The van der Waals surface area contributed by atoms with E-state index in [2.05, 4.69) is 10.6 Å². The van der Waals surface area contributed by atoms with Crippen LogP contribution in [0.4, 0.5) is 11.4 Å². The number of nitrogens with one attached hydrogen (secondary N) is 2. The van der Waals surface area contributed by atoms with E-state index < -0.39 is 17.4 Å². The number of ether oxygens (including phenoxy) is 1. The smallest absolute Gasteiger partial charge is 0.305 e. The maximum absolute atomic E-state index is 13.8. The topological polar surface area (TPSA) is 149 Å². The summed E-state index contributed by atoms with van der Waals surface area (Å²) in [5.41, 5.74) is -0.468. The number of unbranched alkanes of at least 4 members (excludes halogenated alkanes) is 1. The van der Waals surface area contributed by atoms with Crippen LogP contribution in [-0.2, 0) is 29.5 Å². The molecular weight excluding hydrogens is 540 g/mol. The van der Waals surface area contributed by atoms with Crippen molar-refractivity contribution in [2.75, 3.05) is 50.1 Å². The number of carbonyl (C=O) groups excluding carboxylic acids is 4. The summed E-state index contributed by atoms with van der Waals surface area (Å²) < 4.78 is 4.71. The van der Waals surface area contributed by atoms with Crippen LogP contribution in [0.2, 0.25) is 0 Å². The Morgan fingerprint density at radius 1 is 1.24 bits per heavy atom. The lowest BCUT2D eigenvalue weighted by atomic mass is 9.82. The first-order valence-electron chi connectivity index (χ1n) is 15.0. The van der Waals surface area contributed by atoms with E-state index in [9.17, 15) is 29.4 Å². The first-order chi connectivity index (χ1) is 20.2. The average Bonchev–Trinajstić information content (AvgIpc) is 3.57. The van der Waals surface area contributed by atoms with Crippen molar-refractivity contribution in [2.24, 2.45) is 11.8 Å². The Bertz CT molecular complexity index is 1180. The van der Waals surface area contributed by atoms with Gasteiger partial charge in [-0.3, -0.25) is 19.2 Å². The Kier molecular flexibility index (Phi) is 10.7. The van der Waals surface area contributed by atoms with Gasteiger partial charge in [-0.15, -0.1) is 0 Å². The van der Waals surface area contributed by atoms with Crippen LogP contribution >= 0.6 is 0 Å². The van der Waals surface area contributed by atoms with Crippen LogP contribution in [0.5, 0.6) is 0 Å². The van der Waals surface area contributed by atoms with E-state index in [1.807, 2.05) is 0 Å². The normalized spacial score (nSPS) is 24.6. The second kappa shape index (κ2) is 14.3. The SMILES string of the molecule is COC(=O)CCCCN1C(=O)[C@@](O)([C@@H](C)/C=C/CC(=O)N2CCC[C@H]2CO)c2cc(NC(=O)C3CCCNC3)ccc21. The second-order valence-corrected chi connectivity index (χ2v) is 11.5. The number of rotatable bonds is 12. The molecule has 0 radical (unpaired) electrons. The standard InChI is InChI=1S/C31H44N4O7/c1-21(8-5-11-27(37)34-17-7-10-24(34)20-36)31(41)25-18-23(33-29(39)22-9-6-15-32-19-22)13-14-26(25)35(30(31)40)16-4-3-12-28(38)42-2/h5,8,13-14,18,21-22,24,32,36,41H,3-4,6-7,9-12,15-17,19-20H2,1-2H3,(H,33,39)/b8-5+/t21-,22?,24-,31+/m0/s1. The van der Waals surface area contributed by atoms with Crippen LogP contribution in [0.1, 0.15) is 63.9 Å². The predicted octanol–water partition coefficient (Wildman–Crippen LogP) is 2.07. The van der Waals surface area contributed by atoms with E-state index in [0.29, 0.717) is 49.4 Å². The van der Waals surface area contributed by atoms with E-state index in [0.717, 1.165) is 32.2 Å². The van der Waals surface area contributed by atoms with Crippen LogP contribution in [-0.4, -0.2) is 84.7 Å². The predicted molar refractivity (Wildman–Crippen MR) is 158 cm³/mol. The average molecular weight is 585 g/mol. The van der Waals surface area contributed by atoms with Crippen molar-refractivity contribution in [3.63, 3.8) is 0 Å². The molecule has 3 heterocycles. The molecule has 1 aromatic carbocycles. The maximum Gasteiger partial charge on any atom is 0.305 e. The number of hydrogen-bond acceptors (Lipinski definition) is 8. The molecule has 0 spiro atoms. The molecule has 4 rings (SSSR count). The Morgan fingerprint density at radius 3 is 2.76 bits per heavy atom. The summed E-state index contributed by atoms with van der Waals surface area (Å²) in [5.74, 6) is -1.85. The van der Waals surface area contributed by atoms with Crippen LogP contribution < -0.4 is 15.5 Å². The molecule has 0 aromatic heterocycles. The van der Waals surface area contributed by atoms with Gasteiger partial charge in [0.25, 0.3) is 5.91 Å². The van der Waals surface area contributed by atoms with Gasteiger partial charge in [0.2, 0.25) is 11.8 Å². The number of aliphatic hydroxyl groups is 2. The van der Waals surface area contributed by atoms with Crippen molar-refractivity contribution in [2.45, 2.75) is 69.9 Å². The van der Waals surface area contributed by atoms with Crippen molar-refractivity contribution in [3.8, 4) is 0 Å². The molecular formula is C31H44N4O7. The first-order valence-corrected chi connectivity index (χ1v) is 15.0. The highest BCUT2D eigenvalue weighted by Crippen LogP contribution is 2.46. The van der Waals surface area contributed by atoms with E-state index in [4.69, 9.17) is 4.74 Å². The number of amides is 3. The van der Waals surface area contributed by atoms with Crippen LogP contribution in [0.3, 0.4) is 0 Å². The number of nitrogens with zero attached hydrogens (tertiary/aromatic N) is 2. The monoisotopic (exact) mass is 584 g/mol. The van der Waals surface area contributed by atoms with Crippen LogP contribution in [0, 0.1) is 11.8 Å². The molecule has 3 amide bonds. The minimum Gasteiger partial charge on any atom is -0.469 e. The molecule has 2 fully saturated rings. The summed E-state index contributed by atoms with van der Waals surface area (Å²) in [4.78, 5) is 54.3. The number of esters is 1. The molecule has 4 atom stereocenters. The second-order valence-electron chi connectivity index (χ2n) is 11.5. The van der Waals surface area contributed by atoms with Crippen LogP contribution in [0.15, 0.2) is 30.4 Å². The van der Waals surface area contributed by atoms with E-state index in [1.165, 1.54) is 12.0 Å². The number of likely N-dealkylation sites (tertiary alicyclic amines) is 1. The summed E-state index contributed by atoms with van der Waals surface area (Å²) in [6, 6.07) is 4.98. The van der Waals surface area contributed by atoms with Crippen molar-refractivity contribution in [1.82, 2.24) is 10.2 Å². The van der Waals surface area contributed by atoms with Gasteiger partial charge < -0.3 is 35.4 Å². The van der Waals surface area contributed by atoms with Crippen molar-refractivity contribution < 1.29 is 34.1 Å². The molecule has 11 heteroatoms. The zero-order chi connectivity index (χ0) is 30.3. The fourth-order valence-electron chi connectivity index (χ4n) is 6.19. The quantitative estimate of drug-likeness (QED) is 0.166. The third-order valence-electron chi connectivity index (χ3n) is 8.73. The van der Waals surface area contributed by atoms with Gasteiger partial charge in [0.1, 0.15) is 0 Å². The molecule has 3 aliphatic rings. The fraction of sp³-hybridized carbons (Fsp3) is 0.613. The van der Waals surface area contributed by atoms with Gasteiger partial charge in [0.15, 0.2) is 5.60 Å². The Hall–Kier alpha value is -3.28. The fourth-order valence-corrected chi connectivity index (χ4v) is 6.19. The number of anilines is 2. The van der Waals surface area contributed by atoms with Gasteiger partial charge in [0, 0.05) is 49.6 Å². The number of carbonyl (C=O) groups is 4. The van der Waals surface area contributed by atoms with E-state index in [-0.39, 0.29) is 49.2 Å². The Balaban J connectivity index is 1.53.